The molecule has 23 heavy (non-hydrogen) atoms. The van der Waals surface area contributed by atoms with Crippen LogP contribution in [0.5, 0.6) is 0 Å². The van der Waals surface area contributed by atoms with Crippen molar-refractivity contribution in [2.75, 3.05) is 11.9 Å². The molecule has 0 aliphatic heterocycles. The number of anilines is 1. The van der Waals surface area contributed by atoms with Gasteiger partial charge in [0, 0.05) is 16.8 Å². The molecule has 0 heterocycles. The first-order valence-electron chi connectivity index (χ1n) is 6.99. The molecule has 6 nitrogen and oxygen atoms in total. The molecule has 0 bridgehead atoms. The normalized spacial score (nSPS) is 9.96. The highest BCUT2D eigenvalue weighted by Crippen LogP contribution is 2.14. The van der Waals surface area contributed by atoms with E-state index in [9.17, 15) is 14.4 Å². The van der Waals surface area contributed by atoms with E-state index in [0.29, 0.717) is 22.4 Å². The summed E-state index contributed by atoms with van der Waals surface area (Å²) in [7, 11) is 0. The van der Waals surface area contributed by atoms with Gasteiger partial charge in [0.2, 0.25) is 5.91 Å². The van der Waals surface area contributed by atoms with E-state index >= 15 is 0 Å². The number of benzene rings is 2. The van der Waals surface area contributed by atoms with Gasteiger partial charge in [0.05, 0.1) is 12.2 Å². The zero-order valence-electron chi connectivity index (χ0n) is 12.5. The van der Waals surface area contributed by atoms with Crippen LogP contribution in [-0.4, -0.2) is 24.4 Å². The monoisotopic (exact) mass is 312 g/mol. The number of hydrogen-bond acceptors (Lipinski definition) is 4. The topological polar surface area (TPSA) is 98.5 Å². The summed E-state index contributed by atoms with van der Waals surface area (Å²) >= 11 is 0. The van der Waals surface area contributed by atoms with E-state index in [4.69, 9.17) is 10.5 Å². The molecule has 0 saturated carbocycles. The van der Waals surface area contributed by atoms with Crippen molar-refractivity contribution in [3.8, 4) is 0 Å². The second-order valence-corrected chi connectivity index (χ2v) is 4.70. The molecule has 0 aromatic heterocycles. The number of carbonyl (C=O) groups excluding carboxylic acids is 3. The van der Waals surface area contributed by atoms with Gasteiger partial charge >= 0.3 is 5.97 Å². The Labute approximate surface area is 133 Å². The second kappa shape index (κ2) is 7.22. The highest BCUT2D eigenvalue weighted by molar-refractivity contribution is 6.05. The van der Waals surface area contributed by atoms with Crippen LogP contribution in [0.15, 0.2) is 48.5 Å². The third kappa shape index (κ3) is 4.16. The lowest BCUT2D eigenvalue weighted by Gasteiger charge is -2.07. The average molecular weight is 312 g/mol. The maximum absolute atomic E-state index is 12.2. The molecule has 0 radical (unpaired) electrons. The van der Waals surface area contributed by atoms with E-state index in [2.05, 4.69) is 5.32 Å². The highest BCUT2D eigenvalue weighted by Gasteiger charge is 2.10. The first-order valence-corrected chi connectivity index (χ1v) is 6.99. The summed E-state index contributed by atoms with van der Waals surface area (Å²) in [4.78, 5) is 34.8. The molecule has 0 unspecified atom stereocenters. The molecule has 2 rings (SSSR count). The maximum atomic E-state index is 12.2. The quantitative estimate of drug-likeness (QED) is 0.827. The standard InChI is InChI=1S/C17H16N2O4/c1-2-23-17(22)13-4-3-5-14(10-13)19-16(21)12-8-6-11(7-9-12)15(18)20/h3-10H,2H2,1H3,(H2,18,20)(H,19,21). The van der Waals surface area contributed by atoms with Crippen LogP contribution in [0.25, 0.3) is 0 Å². The smallest absolute Gasteiger partial charge is 0.338 e. The van der Waals surface area contributed by atoms with Gasteiger partial charge in [-0.05, 0) is 49.4 Å². The maximum Gasteiger partial charge on any atom is 0.338 e. The number of nitrogens with one attached hydrogen (secondary N) is 1. The Morgan fingerprint density at radius 1 is 1.00 bits per heavy atom. The number of primary amides is 1. The number of hydrogen-bond donors (Lipinski definition) is 2. The lowest BCUT2D eigenvalue weighted by molar-refractivity contribution is 0.0526. The Bertz CT molecular complexity index is 739. The van der Waals surface area contributed by atoms with Crippen LogP contribution in [0.2, 0.25) is 0 Å². The number of nitrogens with two attached hydrogens (primary N) is 1. The fourth-order valence-electron chi connectivity index (χ4n) is 1.93. The Kier molecular flexibility index (Phi) is 5.09. The molecule has 2 aromatic rings. The lowest BCUT2D eigenvalue weighted by Crippen LogP contribution is -2.14. The van der Waals surface area contributed by atoms with E-state index in [1.165, 1.54) is 30.3 Å². The average Bonchev–Trinajstić information content (AvgIpc) is 2.55. The van der Waals surface area contributed by atoms with Crippen LogP contribution in [0.4, 0.5) is 5.69 Å². The van der Waals surface area contributed by atoms with Crippen molar-refractivity contribution < 1.29 is 19.1 Å². The predicted octanol–water partition coefficient (Wildman–Crippen LogP) is 2.21. The summed E-state index contributed by atoms with van der Waals surface area (Å²) in [5, 5.41) is 2.68. The number of carbonyl (C=O) groups is 3. The summed E-state index contributed by atoms with van der Waals surface area (Å²) in [5.74, 6) is -1.37. The van der Waals surface area contributed by atoms with Crippen molar-refractivity contribution in [2.24, 2.45) is 5.73 Å². The third-order valence-electron chi connectivity index (χ3n) is 3.06. The molecular weight excluding hydrogens is 296 g/mol. The number of esters is 1. The minimum absolute atomic E-state index is 0.279. The molecule has 0 fully saturated rings. The van der Waals surface area contributed by atoms with Crippen LogP contribution in [0, 0.1) is 0 Å². The second-order valence-electron chi connectivity index (χ2n) is 4.70. The third-order valence-corrected chi connectivity index (χ3v) is 3.06. The van der Waals surface area contributed by atoms with Crippen molar-refractivity contribution in [3.63, 3.8) is 0 Å². The van der Waals surface area contributed by atoms with Crippen molar-refractivity contribution in [1.82, 2.24) is 0 Å². The van der Waals surface area contributed by atoms with Crippen LogP contribution < -0.4 is 11.1 Å². The highest BCUT2D eigenvalue weighted by atomic mass is 16.5. The van der Waals surface area contributed by atoms with E-state index in [1.54, 1.807) is 25.1 Å². The van der Waals surface area contributed by atoms with E-state index in [-0.39, 0.29) is 12.5 Å². The summed E-state index contributed by atoms with van der Waals surface area (Å²) < 4.78 is 4.91. The fourth-order valence-corrected chi connectivity index (χ4v) is 1.93. The van der Waals surface area contributed by atoms with Crippen molar-refractivity contribution in [1.29, 1.82) is 0 Å². The minimum Gasteiger partial charge on any atom is -0.462 e. The molecule has 0 atom stereocenters. The largest absolute Gasteiger partial charge is 0.462 e. The van der Waals surface area contributed by atoms with Gasteiger partial charge in [-0.3, -0.25) is 9.59 Å². The molecule has 2 amide bonds. The summed E-state index contributed by atoms with van der Waals surface area (Å²) in [6.07, 6.45) is 0. The van der Waals surface area contributed by atoms with Gasteiger partial charge in [-0.1, -0.05) is 6.07 Å². The number of rotatable bonds is 5. The van der Waals surface area contributed by atoms with Gasteiger partial charge in [-0.25, -0.2) is 4.79 Å². The van der Waals surface area contributed by atoms with Gasteiger partial charge in [0.15, 0.2) is 0 Å². The first kappa shape index (κ1) is 16.2. The van der Waals surface area contributed by atoms with Gasteiger partial charge < -0.3 is 15.8 Å². The van der Waals surface area contributed by atoms with E-state index in [1.807, 2.05) is 0 Å². The minimum atomic E-state index is -0.556. The Balaban J connectivity index is 2.12. The van der Waals surface area contributed by atoms with E-state index < -0.39 is 11.9 Å². The molecule has 6 heteroatoms. The predicted molar refractivity (Wildman–Crippen MR) is 85.3 cm³/mol. The van der Waals surface area contributed by atoms with Crippen LogP contribution in [-0.2, 0) is 4.74 Å². The Morgan fingerprint density at radius 2 is 1.65 bits per heavy atom. The number of amides is 2. The van der Waals surface area contributed by atoms with Crippen LogP contribution >= 0.6 is 0 Å². The molecule has 0 spiro atoms. The van der Waals surface area contributed by atoms with Crippen molar-refractivity contribution >= 4 is 23.5 Å². The van der Waals surface area contributed by atoms with Crippen LogP contribution in [0.1, 0.15) is 38.0 Å². The summed E-state index contributed by atoms with van der Waals surface area (Å²) in [6.45, 7) is 2.00. The van der Waals surface area contributed by atoms with Crippen molar-refractivity contribution in [2.45, 2.75) is 6.92 Å². The zero-order chi connectivity index (χ0) is 16.8. The van der Waals surface area contributed by atoms with Gasteiger partial charge in [-0.15, -0.1) is 0 Å². The van der Waals surface area contributed by atoms with Crippen molar-refractivity contribution in [3.05, 3.63) is 65.2 Å². The SMILES string of the molecule is CCOC(=O)c1cccc(NC(=O)c2ccc(C(N)=O)cc2)c1. The first-order chi connectivity index (χ1) is 11.0. The van der Waals surface area contributed by atoms with Gasteiger partial charge in [-0.2, -0.15) is 0 Å². The van der Waals surface area contributed by atoms with Gasteiger partial charge in [0.1, 0.15) is 0 Å². The van der Waals surface area contributed by atoms with Gasteiger partial charge in [0.25, 0.3) is 5.91 Å². The summed E-state index contributed by atoms with van der Waals surface area (Å²) in [6, 6.07) is 12.4. The fraction of sp³-hybridized carbons (Fsp3) is 0.118. The number of ether oxygens (including phenoxy) is 1. The van der Waals surface area contributed by atoms with E-state index in [0.717, 1.165) is 0 Å². The molecule has 0 saturated heterocycles. The molecule has 3 N–H and O–H groups in total. The summed E-state index contributed by atoms with van der Waals surface area (Å²) in [5.41, 5.74) is 6.67. The molecule has 2 aromatic carbocycles. The Morgan fingerprint density at radius 3 is 2.26 bits per heavy atom. The zero-order valence-corrected chi connectivity index (χ0v) is 12.5. The lowest BCUT2D eigenvalue weighted by atomic mass is 10.1. The molecule has 0 aliphatic rings. The van der Waals surface area contributed by atoms with Crippen LogP contribution in [0.3, 0.4) is 0 Å². The molecular formula is C17H16N2O4. The molecule has 0 aliphatic carbocycles. The molecule has 118 valence electrons. The Hall–Kier alpha value is -3.15.